The molecular weight excluding hydrogens is 156 g/mol. The molecule has 0 saturated carbocycles. The zero-order chi connectivity index (χ0) is 8.55. The van der Waals surface area contributed by atoms with Crippen molar-refractivity contribution >= 4 is 12.1 Å². The number of fused-ring (bicyclic) bond motifs is 1. The van der Waals surface area contributed by atoms with E-state index in [2.05, 4.69) is 10.2 Å². The average Bonchev–Trinajstić information content (AvgIpc) is 2.49. The van der Waals surface area contributed by atoms with E-state index >= 15 is 0 Å². The number of urea groups is 1. The quantitative estimate of drug-likeness (QED) is 0.577. The van der Waals surface area contributed by atoms with Gasteiger partial charge in [-0.2, -0.15) is 5.10 Å². The van der Waals surface area contributed by atoms with Crippen LogP contribution in [-0.2, 0) is 6.54 Å². The third-order valence-corrected chi connectivity index (χ3v) is 1.79. The van der Waals surface area contributed by atoms with Crippen molar-refractivity contribution in [3.8, 4) is 0 Å². The molecule has 0 saturated heterocycles. The van der Waals surface area contributed by atoms with Crippen LogP contribution in [0.25, 0.3) is 6.08 Å². The van der Waals surface area contributed by atoms with Crippen LogP contribution in [-0.4, -0.2) is 21.1 Å². The van der Waals surface area contributed by atoms with Crippen molar-refractivity contribution in [3.63, 3.8) is 0 Å². The lowest BCUT2D eigenvalue weighted by Gasteiger charge is -2.17. The topological polar surface area (TPSA) is 75.0 Å². The maximum Gasteiger partial charge on any atom is 0.319 e. The van der Waals surface area contributed by atoms with Crippen LogP contribution in [0, 0.1) is 0 Å². The van der Waals surface area contributed by atoms with Gasteiger partial charge >= 0.3 is 6.03 Å². The van der Waals surface area contributed by atoms with Crippen LogP contribution in [0.2, 0.25) is 0 Å². The number of hydrogen-bond donors (Lipinski definition) is 2. The van der Waals surface area contributed by atoms with Gasteiger partial charge in [0.1, 0.15) is 0 Å². The number of aromatic nitrogens is 2. The number of rotatable bonds is 0. The van der Waals surface area contributed by atoms with Gasteiger partial charge in [-0.15, -0.1) is 0 Å². The Hall–Kier alpha value is -1.78. The normalized spacial score (nSPS) is 14.5. The molecule has 5 nitrogen and oxygen atoms in total. The SMILES string of the molecule is NC(=O)N1C=Cc2n[nH]cc2C1. The molecule has 0 fully saturated rings. The molecule has 1 aromatic heterocycles. The number of hydrogen-bond acceptors (Lipinski definition) is 2. The first-order valence-corrected chi connectivity index (χ1v) is 3.54. The largest absolute Gasteiger partial charge is 0.351 e. The molecule has 5 heteroatoms. The predicted molar refractivity (Wildman–Crippen MR) is 42.7 cm³/mol. The first-order chi connectivity index (χ1) is 5.77. The van der Waals surface area contributed by atoms with E-state index in [0.717, 1.165) is 11.3 Å². The predicted octanol–water partition coefficient (Wildman–Crippen LogP) is 0.275. The Balaban J connectivity index is 2.30. The minimum Gasteiger partial charge on any atom is -0.351 e. The summed E-state index contributed by atoms with van der Waals surface area (Å²) in [5, 5.41) is 6.68. The van der Waals surface area contributed by atoms with Crippen LogP contribution >= 0.6 is 0 Å². The summed E-state index contributed by atoms with van der Waals surface area (Å²) in [6.45, 7) is 0.498. The van der Waals surface area contributed by atoms with Gasteiger partial charge < -0.3 is 5.73 Å². The number of nitrogens with zero attached hydrogens (tertiary/aromatic N) is 2. The van der Waals surface area contributed by atoms with Crippen molar-refractivity contribution in [1.82, 2.24) is 15.1 Å². The van der Waals surface area contributed by atoms with Gasteiger partial charge in [-0.3, -0.25) is 10.00 Å². The van der Waals surface area contributed by atoms with E-state index in [-0.39, 0.29) is 0 Å². The fourth-order valence-electron chi connectivity index (χ4n) is 1.14. The maximum absolute atomic E-state index is 10.8. The van der Waals surface area contributed by atoms with Crippen LogP contribution in [0.15, 0.2) is 12.4 Å². The molecule has 2 rings (SSSR count). The number of carbonyl (C=O) groups excluding carboxylic acids is 1. The molecule has 0 aliphatic carbocycles. The van der Waals surface area contributed by atoms with Crippen LogP contribution < -0.4 is 5.73 Å². The molecule has 12 heavy (non-hydrogen) atoms. The van der Waals surface area contributed by atoms with Crippen molar-refractivity contribution in [2.75, 3.05) is 0 Å². The van der Waals surface area contributed by atoms with Crippen molar-refractivity contribution in [3.05, 3.63) is 23.7 Å². The van der Waals surface area contributed by atoms with Crippen LogP contribution in [0.4, 0.5) is 4.79 Å². The molecule has 62 valence electrons. The third kappa shape index (κ3) is 0.952. The van der Waals surface area contributed by atoms with Crippen molar-refractivity contribution in [2.24, 2.45) is 5.73 Å². The Morgan fingerprint density at radius 1 is 1.75 bits per heavy atom. The van der Waals surface area contributed by atoms with E-state index < -0.39 is 6.03 Å². The lowest BCUT2D eigenvalue weighted by atomic mass is 10.2. The molecule has 0 unspecified atom stereocenters. The highest BCUT2D eigenvalue weighted by molar-refractivity contribution is 5.75. The van der Waals surface area contributed by atoms with Crippen molar-refractivity contribution < 1.29 is 4.79 Å². The third-order valence-electron chi connectivity index (χ3n) is 1.79. The van der Waals surface area contributed by atoms with Gasteiger partial charge in [0.15, 0.2) is 0 Å². The highest BCUT2D eigenvalue weighted by Crippen LogP contribution is 2.15. The number of carbonyl (C=O) groups is 1. The van der Waals surface area contributed by atoms with Gasteiger partial charge in [0.25, 0.3) is 0 Å². The highest BCUT2D eigenvalue weighted by atomic mass is 16.2. The van der Waals surface area contributed by atoms with Crippen LogP contribution in [0.5, 0.6) is 0 Å². The van der Waals surface area contributed by atoms with E-state index in [9.17, 15) is 4.79 Å². The Bertz CT molecular complexity index is 341. The van der Waals surface area contributed by atoms with Gasteiger partial charge in [0.05, 0.1) is 12.2 Å². The van der Waals surface area contributed by atoms with E-state index in [1.807, 2.05) is 0 Å². The molecule has 0 aromatic carbocycles. The second-order valence-corrected chi connectivity index (χ2v) is 2.58. The minimum absolute atomic E-state index is 0.446. The number of nitrogens with two attached hydrogens (primary N) is 1. The van der Waals surface area contributed by atoms with E-state index in [1.165, 1.54) is 4.90 Å². The zero-order valence-electron chi connectivity index (χ0n) is 6.32. The maximum atomic E-state index is 10.8. The molecule has 3 N–H and O–H groups in total. The van der Waals surface area contributed by atoms with E-state index in [1.54, 1.807) is 18.5 Å². The molecule has 0 bridgehead atoms. The lowest BCUT2D eigenvalue weighted by Crippen LogP contribution is -2.31. The monoisotopic (exact) mass is 164 g/mol. The van der Waals surface area contributed by atoms with Gasteiger partial charge in [0.2, 0.25) is 0 Å². The number of H-pyrrole nitrogens is 1. The first-order valence-electron chi connectivity index (χ1n) is 3.54. The number of nitrogens with one attached hydrogen (secondary N) is 1. The van der Waals surface area contributed by atoms with Gasteiger partial charge in [0, 0.05) is 18.0 Å². The Kier molecular flexibility index (Phi) is 1.36. The first kappa shape index (κ1) is 6.90. The molecule has 1 aromatic rings. The molecular formula is C7H8N4O. The molecule has 0 atom stereocenters. The van der Waals surface area contributed by atoms with Gasteiger partial charge in [-0.25, -0.2) is 4.79 Å². The lowest BCUT2D eigenvalue weighted by molar-refractivity contribution is 0.223. The zero-order valence-corrected chi connectivity index (χ0v) is 6.32. The smallest absolute Gasteiger partial charge is 0.319 e. The summed E-state index contributed by atoms with van der Waals surface area (Å²) in [6, 6.07) is -0.446. The minimum atomic E-state index is -0.446. The van der Waals surface area contributed by atoms with Gasteiger partial charge in [-0.1, -0.05) is 0 Å². The van der Waals surface area contributed by atoms with Crippen molar-refractivity contribution in [2.45, 2.75) is 6.54 Å². The Morgan fingerprint density at radius 2 is 2.58 bits per heavy atom. The Labute approximate surface area is 68.9 Å². The summed E-state index contributed by atoms with van der Waals surface area (Å²) in [4.78, 5) is 12.2. The summed E-state index contributed by atoms with van der Waals surface area (Å²) in [6.07, 6.45) is 5.14. The number of amides is 2. The molecule has 1 aliphatic rings. The highest BCUT2D eigenvalue weighted by Gasteiger charge is 2.14. The summed E-state index contributed by atoms with van der Waals surface area (Å²) in [7, 11) is 0. The van der Waals surface area contributed by atoms with Crippen LogP contribution in [0.1, 0.15) is 11.3 Å². The Morgan fingerprint density at radius 3 is 3.33 bits per heavy atom. The molecule has 0 spiro atoms. The summed E-state index contributed by atoms with van der Waals surface area (Å²) in [5.41, 5.74) is 6.95. The second kappa shape index (κ2) is 2.37. The second-order valence-electron chi connectivity index (χ2n) is 2.58. The van der Waals surface area contributed by atoms with Gasteiger partial charge in [-0.05, 0) is 6.08 Å². The summed E-state index contributed by atoms with van der Waals surface area (Å²) >= 11 is 0. The number of aromatic amines is 1. The van der Waals surface area contributed by atoms with E-state index in [0.29, 0.717) is 6.54 Å². The van der Waals surface area contributed by atoms with Crippen LogP contribution in [0.3, 0.4) is 0 Å². The molecule has 2 amide bonds. The summed E-state index contributed by atoms with van der Waals surface area (Å²) < 4.78 is 0. The average molecular weight is 164 g/mol. The summed E-state index contributed by atoms with van der Waals surface area (Å²) in [5.74, 6) is 0. The molecule has 2 heterocycles. The molecule has 0 radical (unpaired) electrons. The fraction of sp³-hybridized carbons (Fsp3) is 0.143. The number of primary amides is 1. The fourth-order valence-corrected chi connectivity index (χ4v) is 1.14. The van der Waals surface area contributed by atoms with E-state index in [4.69, 9.17) is 5.73 Å². The standard InChI is InChI=1S/C7H8N4O/c8-7(12)11-2-1-6-5(4-11)3-9-10-6/h1-3H,4H2,(H2,8,12)(H,9,10). The molecule has 1 aliphatic heterocycles. The van der Waals surface area contributed by atoms with Crippen molar-refractivity contribution in [1.29, 1.82) is 0 Å².